The summed E-state index contributed by atoms with van der Waals surface area (Å²) in [7, 11) is -3.98. The zero-order chi connectivity index (χ0) is 17.1. The molecule has 0 saturated heterocycles. The fourth-order valence-electron chi connectivity index (χ4n) is 5.72. The molecule has 2 saturated carbocycles. The van der Waals surface area contributed by atoms with E-state index >= 15 is 0 Å². The van der Waals surface area contributed by atoms with E-state index in [0.717, 1.165) is 38.5 Å². The van der Waals surface area contributed by atoms with Crippen LogP contribution < -0.4 is 9.32 Å². The molecule has 0 heterocycles. The highest BCUT2D eigenvalue weighted by atomic mass is 32.2. The molecule has 132 valence electrons. The Morgan fingerprint density at radius 1 is 1.25 bits per heavy atom. The minimum Gasteiger partial charge on any atom is -0.393 e. The lowest BCUT2D eigenvalue weighted by Crippen LogP contribution is -2.43. The summed E-state index contributed by atoms with van der Waals surface area (Å²) in [5.74, 6) is 2.03. The van der Waals surface area contributed by atoms with Crippen LogP contribution in [0.1, 0.15) is 56.1 Å². The van der Waals surface area contributed by atoms with Crippen molar-refractivity contribution in [3.05, 3.63) is 29.3 Å². The van der Waals surface area contributed by atoms with Crippen LogP contribution in [0.5, 0.6) is 5.75 Å². The molecule has 0 spiro atoms. The number of aryl methyl sites for hydroxylation is 1. The Labute approximate surface area is 143 Å². The predicted octanol–water partition coefficient (Wildman–Crippen LogP) is 2.49. The molecule has 24 heavy (non-hydrogen) atoms. The summed E-state index contributed by atoms with van der Waals surface area (Å²) in [6, 6.07) is 5.55. The van der Waals surface area contributed by atoms with Gasteiger partial charge in [0.25, 0.3) is 0 Å². The molecule has 0 bridgehead atoms. The number of hydrogen-bond acceptors (Lipinski definition) is 4. The van der Waals surface area contributed by atoms with Crippen molar-refractivity contribution >= 4 is 10.3 Å². The number of benzene rings is 1. The van der Waals surface area contributed by atoms with Gasteiger partial charge in [-0.15, -0.1) is 0 Å². The predicted molar refractivity (Wildman–Crippen MR) is 90.8 cm³/mol. The van der Waals surface area contributed by atoms with Crippen molar-refractivity contribution in [3.63, 3.8) is 0 Å². The Morgan fingerprint density at radius 2 is 2.04 bits per heavy atom. The SMILES string of the molecule is C[C@]12CCC3c4ccc(OS(N)(=O)=O)cc4CC[C@H]3C1CCC2O. The molecule has 3 aliphatic carbocycles. The molecule has 6 heteroatoms. The molecule has 4 rings (SSSR count). The van der Waals surface area contributed by atoms with Gasteiger partial charge in [-0.1, -0.05) is 13.0 Å². The van der Waals surface area contributed by atoms with Gasteiger partial charge in [0.05, 0.1) is 6.10 Å². The van der Waals surface area contributed by atoms with Gasteiger partial charge in [0.2, 0.25) is 0 Å². The molecule has 1 aromatic carbocycles. The highest BCUT2D eigenvalue weighted by Gasteiger charge is 2.54. The maximum Gasteiger partial charge on any atom is 0.380 e. The van der Waals surface area contributed by atoms with Crippen LogP contribution in [0.15, 0.2) is 18.2 Å². The largest absolute Gasteiger partial charge is 0.393 e. The Hall–Kier alpha value is -1.11. The molecule has 3 aliphatic rings. The van der Waals surface area contributed by atoms with E-state index < -0.39 is 10.3 Å². The Morgan fingerprint density at radius 3 is 2.79 bits per heavy atom. The second-order valence-corrected chi connectivity index (χ2v) is 9.14. The molecule has 1 aromatic rings. The highest BCUT2D eigenvalue weighted by molar-refractivity contribution is 7.84. The third-order valence-corrected chi connectivity index (χ3v) is 7.29. The van der Waals surface area contributed by atoms with Crippen LogP contribution in [0.25, 0.3) is 0 Å². The van der Waals surface area contributed by atoms with Crippen molar-refractivity contribution in [2.45, 2.75) is 57.5 Å². The van der Waals surface area contributed by atoms with Crippen LogP contribution in [-0.2, 0) is 16.7 Å². The molecule has 0 amide bonds. The van der Waals surface area contributed by atoms with E-state index in [4.69, 9.17) is 9.32 Å². The maximum atomic E-state index is 11.1. The third-order valence-electron chi connectivity index (χ3n) is 6.86. The number of hydrogen-bond donors (Lipinski definition) is 2. The lowest BCUT2D eigenvalue weighted by atomic mass is 9.55. The van der Waals surface area contributed by atoms with E-state index in [1.165, 1.54) is 11.1 Å². The second-order valence-electron chi connectivity index (χ2n) is 7.99. The summed E-state index contributed by atoms with van der Waals surface area (Å²) in [4.78, 5) is 0. The lowest BCUT2D eigenvalue weighted by Gasteiger charge is -2.50. The average Bonchev–Trinajstić information content (AvgIpc) is 2.81. The number of aliphatic hydroxyl groups is 1. The number of nitrogens with two attached hydrogens (primary N) is 1. The lowest BCUT2D eigenvalue weighted by molar-refractivity contribution is -0.0226. The van der Waals surface area contributed by atoms with E-state index in [9.17, 15) is 13.5 Å². The first-order valence-corrected chi connectivity index (χ1v) is 10.3. The molecule has 5 nitrogen and oxygen atoms in total. The van der Waals surface area contributed by atoms with Gasteiger partial charge in [0, 0.05) is 0 Å². The van der Waals surface area contributed by atoms with Crippen LogP contribution in [0.3, 0.4) is 0 Å². The molecule has 2 fully saturated rings. The molecule has 0 aliphatic heterocycles. The van der Waals surface area contributed by atoms with E-state index in [2.05, 4.69) is 6.92 Å². The minimum atomic E-state index is -3.98. The zero-order valence-electron chi connectivity index (χ0n) is 13.9. The van der Waals surface area contributed by atoms with Crippen molar-refractivity contribution in [2.75, 3.05) is 0 Å². The van der Waals surface area contributed by atoms with Crippen LogP contribution in [0.2, 0.25) is 0 Å². The second kappa shape index (κ2) is 5.44. The fourth-order valence-corrected chi connectivity index (χ4v) is 6.09. The van der Waals surface area contributed by atoms with Crippen LogP contribution >= 0.6 is 0 Å². The summed E-state index contributed by atoms with van der Waals surface area (Å²) < 4.78 is 27.1. The van der Waals surface area contributed by atoms with Crippen molar-refractivity contribution in [2.24, 2.45) is 22.4 Å². The first kappa shape index (κ1) is 16.4. The number of fused-ring (bicyclic) bond motifs is 5. The molecule has 3 unspecified atom stereocenters. The molecule has 3 N–H and O–H groups in total. The molecule has 0 radical (unpaired) electrons. The Bertz CT molecular complexity index is 762. The van der Waals surface area contributed by atoms with E-state index in [1.807, 2.05) is 12.1 Å². The number of aliphatic hydroxyl groups excluding tert-OH is 1. The van der Waals surface area contributed by atoms with E-state index in [1.54, 1.807) is 6.07 Å². The number of rotatable bonds is 2. The van der Waals surface area contributed by atoms with Crippen molar-refractivity contribution < 1.29 is 17.7 Å². The Balaban J connectivity index is 1.63. The van der Waals surface area contributed by atoms with Gasteiger partial charge in [-0.25, -0.2) is 0 Å². The smallest absolute Gasteiger partial charge is 0.380 e. The molecular formula is C18H25NO4S. The van der Waals surface area contributed by atoms with Gasteiger partial charge < -0.3 is 9.29 Å². The normalized spacial score (nSPS) is 38.1. The quantitative estimate of drug-likeness (QED) is 0.856. The van der Waals surface area contributed by atoms with Gasteiger partial charge in [-0.05, 0) is 85.0 Å². The van der Waals surface area contributed by atoms with Crippen molar-refractivity contribution in [3.8, 4) is 5.75 Å². The Kier molecular flexibility index (Phi) is 3.71. The van der Waals surface area contributed by atoms with E-state index in [0.29, 0.717) is 23.5 Å². The van der Waals surface area contributed by atoms with Crippen molar-refractivity contribution in [1.82, 2.24) is 0 Å². The van der Waals surface area contributed by atoms with Crippen LogP contribution in [-0.4, -0.2) is 19.6 Å². The van der Waals surface area contributed by atoms with E-state index in [-0.39, 0.29) is 11.5 Å². The van der Waals surface area contributed by atoms with Gasteiger partial charge in [-0.2, -0.15) is 13.6 Å². The maximum absolute atomic E-state index is 11.1. The molecular weight excluding hydrogens is 326 g/mol. The fraction of sp³-hybridized carbons (Fsp3) is 0.667. The first-order chi connectivity index (χ1) is 11.3. The molecule has 5 atom stereocenters. The molecule has 0 aromatic heterocycles. The van der Waals surface area contributed by atoms with Crippen molar-refractivity contribution in [1.29, 1.82) is 0 Å². The summed E-state index contributed by atoms with van der Waals surface area (Å²) in [5, 5.41) is 15.4. The summed E-state index contributed by atoms with van der Waals surface area (Å²) in [6.07, 6.45) is 6.09. The standard InChI is InChI=1S/C18H25NO4S/c1-18-9-8-14-13-5-3-12(23-24(19,21)22)10-11(13)2-4-15(14)16(18)6-7-17(18)20/h3,5,10,14-17,20H,2,4,6-9H2,1H3,(H2,19,21,22)/t14?,15-,16?,17?,18+/m1/s1. The highest BCUT2D eigenvalue weighted by Crippen LogP contribution is 2.60. The van der Waals surface area contributed by atoms with Gasteiger partial charge in [0.1, 0.15) is 5.75 Å². The zero-order valence-corrected chi connectivity index (χ0v) is 14.8. The minimum absolute atomic E-state index is 0.0787. The summed E-state index contributed by atoms with van der Waals surface area (Å²) in [6.45, 7) is 2.27. The third kappa shape index (κ3) is 2.55. The van der Waals surface area contributed by atoms with Crippen LogP contribution in [0, 0.1) is 17.3 Å². The van der Waals surface area contributed by atoms with Gasteiger partial charge in [0.15, 0.2) is 0 Å². The summed E-state index contributed by atoms with van der Waals surface area (Å²) in [5.41, 5.74) is 2.59. The topological polar surface area (TPSA) is 89.6 Å². The summed E-state index contributed by atoms with van der Waals surface area (Å²) >= 11 is 0. The van der Waals surface area contributed by atoms with Gasteiger partial charge in [-0.3, -0.25) is 0 Å². The first-order valence-electron chi connectivity index (χ1n) is 8.81. The average molecular weight is 351 g/mol. The van der Waals surface area contributed by atoms with Gasteiger partial charge >= 0.3 is 10.3 Å². The monoisotopic (exact) mass is 351 g/mol. The van der Waals surface area contributed by atoms with Crippen LogP contribution in [0.4, 0.5) is 0 Å².